The van der Waals surface area contributed by atoms with Crippen LogP contribution in [0.3, 0.4) is 0 Å². The quantitative estimate of drug-likeness (QED) is 0.287. The van der Waals surface area contributed by atoms with Gasteiger partial charge in [0.2, 0.25) is 11.7 Å². The predicted octanol–water partition coefficient (Wildman–Crippen LogP) is 6.83. The third-order valence-electron chi connectivity index (χ3n) is 5.23. The molecule has 0 fully saturated rings. The molecule has 5 aromatic rings. The topological polar surface area (TPSA) is 83.6 Å². The summed E-state index contributed by atoms with van der Waals surface area (Å²) in [7, 11) is 0. The van der Waals surface area contributed by atoms with Crippen LogP contribution in [-0.4, -0.2) is 21.0 Å². The van der Waals surface area contributed by atoms with Crippen molar-refractivity contribution in [1.29, 1.82) is 0 Å². The summed E-state index contributed by atoms with van der Waals surface area (Å²) in [5, 5.41) is 20.9. The fourth-order valence-electron chi connectivity index (χ4n) is 3.71. The standard InChI is InChI=1S/C25H16ClNO4S/c1-13-10-16(26)6-8-18(13)23(30)24-22(19-9-7-17(28)11-20(19)32-24)14-2-4-15(5-3-14)25-27-21(29)12-31-25/h2-12,28-29H,1H3. The Kier molecular flexibility index (Phi) is 4.96. The first-order chi connectivity index (χ1) is 15.4. The molecule has 0 aliphatic heterocycles. The first-order valence-corrected chi connectivity index (χ1v) is 10.9. The summed E-state index contributed by atoms with van der Waals surface area (Å²) in [6.45, 7) is 1.86. The molecule has 32 heavy (non-hydrogen) atoms. The first kappa shape index (κ1) is 20.3. The molecule has 7 heteroatoms. The van der Waals surface area contributed by atoms with E-state index in [-0.39, 0.29) is 17.4 Å². The maximum atomic E-state index is 13.6. The molecule has 0 atom stereocenters. The Morgan fingerprint density at radius 2 is 1.75 bits per heavy atom. The molecule has 5 nitrogen and oxygen atoms in total. The average Bonchev–Trinajstić information content (AvgIpc) is 3.37. The number of benzene rings is 3. The molecule has 2 aromatic heterocycles. The molecule has 0 saturated carbocycles. The molecule has 158 valence electrons. The number of hydrogen-bond acceptors (Lipinski definition) is 6. The van der Waals surface area contributed by atoms with Crippen LogP contribution in [0, 0.1) is 6.92 Å². The van der Waals surface area contributed by atoms with Crippen LogP contribution < -0.4 is 0 Å². The summed E-state index contributed by atoms with van der Waals surface area (Å²) in [6, 6.07) is 17.7. The Bertz CT molecular complexity index is 1480. The van der Waals surface area contributed by atoms with Crippen molar-refractivity contribution in [2.45, 2.75) is 6.92 Å². The number of phenolic OH excluding ortho intramolecular Hbond substituents is 1. The number of rotatable bonds is 4. The first-order valence-electron chi connectivity index (χ1n) is 9.72. The van der Waals surface area contributed by atoms with Gasteiger partial charge >= 0.3 is 0 Å². The Labute approximate surface area is 192 Å². The normalized spacial score (nSPS) is 11.2. The number of carbonyl (C=O) groups excluding carboxylic acids is 1. The van der Waals surface area contributed by atoms with Crippen molar-refractivity contribution in [2.24, 2.45) is 0 Å². The van der Waals surface area contributed by atoms with Gasteiger partial charge in [0.25, 0.3) is 5.88 Å². The van der Waals surface area contributed by atoms with Gasteiger partial charge in [0, 0.05) is 31.8 Å². The lowest BCUT2D eigenvalue weighted by molar-refractivity contribution is 0.104. The molecule has 0 saturated heterocycles. The monoisotopic (exact) mass is 461 g/mol. The highest BCUT2D eigenvalue weighted by Crippen LogP contribution is 2.42. The highest BCUT2D eigenvalue weighted by molar-refractivity contribution is 7.21. The van der Waals surface area contributed by atoms with Gasteiger partial charge in [-0.05, 0) is 66.6 Å². The second-order valence-electron chi connectivity index (χ2n) is 7.36. The van der Waals surface area contributed by atoms with Crippen LogP contribution in [0.25, 0.3) is 32.7 Å². The van der Waals surface area contributed by atoms with Crippen LogP contribution >= 0.6 is 22.9 Å². The van der Waals surface area contributed by atoms with Gasteiger partial charge < -0.3 is 14.6 Å². The van der Waals surface area contributed by atoms with E-state index in [0.717, 1.165) is 26.8 Å². The fraction of sp³-hybridized carbons (Fsp3) is 0.0400. The second kappa shape index (κ2) is 7.82. The molecular weight excluding hydrogens is 446 g/mol. The number of hydrogen-bond donors (Lipinski definition) is 2. The highest BCUT2D eigenvalue weighted by atomic mass is 35.5. The van der Waals surface area contributed by atoms with Gasteiger partial charge in [-0.1, -0.05) is 23.7 Å². The van der Waals surface area contributed by atoms with Crippen molar-refractivity contribution >= 4 is 38.8 Å². The van der Waals surface area contributed by atoms with E-state index >= 15 is 0 Å². The maximum absolute atomic E-state index is 13.6. The molecule has 3 aromatic carbocycles. The lowest BCUT2D eigenvalue weighted by Crippen LogP contribution is -2.03. The van der Waals surface area contributed by atoms with E-state index in [1.165, 1.54) is 17.6 Å². The minimum atomic E-state index is -0.182. The van der Waals surface area contributed by atoms with Crippen LogP contribution in [0.5, 0.6) is 11.6 Å². The fourth-order valence-corrected chi connectivity index (χ4v) is 5.15. The minimum Gasteiger partial charge on any atom is -0.508 e. The van der Waals surface area contributed by atoms with Crippen LogP contribution in [-0.2, 0) is 0 Å². The molecular formula is C25H16ClNO4S. The molecule has 2 heterocycles. The van der Waals surface area contributed by atoms with E-state index in [4.69, 9.17) is 16.0 Å². The van der Waals surface area contributed by atoms with E-state index in [1.807, 2.05) is 37.3 Å². The molecule has 0 aliphatic rings. The van der Waals surface area contributed by atoms with Gasteiger partial charge in [0.15, 0.2) is 6.26 Å². The molecule has 5 rings (SSSR count). The smallest absolute Gasteiger partial charge is 0.250 e. The number of nitrogens with zero attached hydrogens (tertiary/aromatic N) is 1. The van der Waals surface area contributed by atoms with Gasteiger partial charge in [0.05, 0.1) is 4.88 Å². The largest absolute Gasteiger partial charge is 0.508 e. The van der Waals surface area contributed by atoms with Gasteiger partial charge in [-0.3, -0.25) is 4.79 Å². The molecule has 0 aliphatic carbocycles. The Hall–Kier alpha value is -3.61. The number of carbonyl (C=O) groups is 1. The van der Waals surface area contributed by atoms with E-state index < -0.39 is 0 Å². The maximum Gasteiger partial charge on any atom is 0.250 e. The number of halogens is 1. The van der Waals surface area contributed by atoms with Crippen LogP contribution in [0.1, 0.15) is 20.8 Å². The van der Waals surface area contributed by atoms with Crippen LogP contribution in [0.15, 0.2) is 71.3 Å². The Morgan fingerprint density at radius 1 is 1.00 bits per heavy atom. The number of ketones is 1. The number of phenols is 1. The third kappa shape index (κ3) is 3.53. The Morgan fingerprint density at radius 3 is 2.44 bits per heavy atom. The van der Waals surface area contributed by atoms with E-state index in [9.17, 15) is 15.0 Å². The molecule has 0 bridgehead atoms. The summed E-state index contributed by atoms with van der Waals surface area (Å²) >= 11 is 7.42. The van der Waals surface area contributed by atoms with Gasteiger partial charge in [-0.2, -0.15) is 4.98 Å². The summed E-state index contributed by atoms with van der Waals surface area (Å²) in [6.07, 6.45) is 1.17. The zero-order chi connectivity index (χ0) is 22.4. The summed E-state index contributed by atoms with van der Waals surface area (Å²) in [4.78, 5) is 18.1. The van der Waals surface area contributed by atoms with Crippen LogP contribution in [0.4, 0.5) is 0 Å². The molecule has 2 N–H and O–H groups in total. The molecule has 0 radical (unpaired) electrons. The minimum absolute atomic E-state index is 0.100. The number of aromatic nitrogens is 1. The third-order valence-corrected chi connectivity index (χ3v) is 6.61. The summed E-state index contributed by atoms with van der Waals surface area (Å²) in [5.74, 6) is 0.170. The number of fused-ring (bicyclic) bond motifs is 1. The lowest BCUT2D eigenvalue weighted by atomic mass is 9.96. The number of aromatic hydroxyl groups is 2. The van der Waals surface area contributed by atoms with Crippen LogP contribution in [0.2, 0.25) is 5.02 Å². The van der Waals surface area contributed by atoms with Gasteiger partial charge in [-0.25, -0.2) is 0 Å². The van der Waals surface area contributed by atoms with Crippen molar-refractivity contribution < 1.29 is 19.4 Å². The van der Waals surface area contributed by atoms with E-state index in [0.29, 0.717) is 26.9 Å². The van der Waals surface area contributed by atoms with Gasteiger partial charge in [-0.15, -0.1) is 11.3 Å². The molecule has 0 amide bonds. The second-order valence-corrected chi connectivity index (χ2v) is 8.85. The van der Waals surface area contributed by atoms with Crippen molar-refractivity contribution in [3.05, 3.63) is 88.0 Å². The molecule has 0 spiro atoms. The SMILES string of the molecule is Cc1cc(Cl)ccc1C(=O)c1sc2cc(O)ccc2c1-c1ccc(-c2nc(O)co2)cc1. The summed E-state index contributed by atoms with van der Waals surface area (Å²) in [5.41, 5.74) is 3.72. The van der Waals surface area contributed by atoms with E-state index in [1.54, 1.807) is 30.3 Å². The molecule has 0 unspecified atom stereocenters. The zero-order valence-electron chi connectivity index (χ0n) is 16.8. The Balaban J connectivity index is 1.67. The zero-order valence-corrected chi connectivity index (χ0v) is 18.4. The van der Waals surface area contributed by atoms with Crippen molar-refractivity contribution in [3.63, 3.8) is 0 Å². The van der Waals surface area contributed by atoms with Crippen molar-refractivity contribution in [3.8, 4) is 34.2 Å². The van der Waals surface area contributed by atoms with Gasteiger partial charge in [0.1, 0.15) is 5.75 Å². The highest BCUT2D eigenvalue weighted by Gasteiger charge is 2.23. The van der Waals surface area contributed by atoms with Crippen molar-refractivity contribution in [1.82, 2.24) is 4.98 Å². The lowest BCUT2D eigenvalue weighted by Gasteiger charge is -2.08. The number of aryl methyl sites for hydroxylation is 1. The number of oxazole rings is 1. The van der Waals surface area contributed by atoms with Crippen molar-refractivity contribution in [2.75, 3.05) is 0 Å². The predicted molar refractivity (Wildman–Crippen MR) is 126 cm³/mol. The summed E-state index contributed by atoms with van der Waals surface area (Å²) < 4.78 is 6.07. The average molecular weight is 462 g/mol. The number of thiophene rings is 1. The van der Waals surface area contributed by atoms with E-state index in [2.05, 4.69) is 4.98 Å².